The molecule has 0 unspecified atom stereocenters. The van der Waals surface area contributed by atoms with Crippen molar-refractivity contribution in [2.45, 2.75) is 19.0 Å². The third-order valence-electron chi connectivity index (χ3n) is 4.45. The van der Waals surface area contributed by atoms with Crippen LogP contribution in [0.2, 0.25) is 5.02 Å². The molecule has 0 atom stereocenters. The minimum absolute atomic E-state index is 0.115. The van der Waals surface area contributed by atoms with Crippen molar-refractivity contribution in [3.05, 3.63) is 40.7 Å². The predicted octanol–water partition coefficient (Wildman–Crippen LogP) is 4.28. The largest absolute Gasteiger partial charge is 0.437 e. The molecule has 1 aliphatic rings. The van der Waals surface area contributed by atoms with Crippen LogP contribution in [0.3, 0.4) is 0 Å². The van der Waals surface area contributed by atoms with Gasteiger partial charge in [-0.25, -0.2) is 14.8 Å². The second kappa shape index (κ2) is 9.80. The van der Waals surface area contributed by atoms with Crippen LogP contribution in [-0.2, 0) is 10.9 Å². The summed E-state index contributed by atoms with van der Waals surface area (Å²) in [6.45, 7) is 1.42. The van der Waals surface area contributed by atoms with Gasteiger partial charge in [-0.2, -0.15) is 18.4 Å². The van der Waals surface area contributed by atoms with Gasteiger partial charge in [0.05, 0.1) is 16.8 Å². The van der Waals surface area contributed by atoms with Crippen LogP contribution < -0.4 is 15.4 Å². The number of hydrogen-bond acceptors (Lipinski definition) is 7. The highest BCUT2D eigenvalue weighted by molar-refractivity contribution is 6.32. The van der Waals surface area contributed by atoms with E-state index in [2.05, 4.69) is 20.6 Å². The number of rotatable bonds is 5. The summed E-state index contributed by atoms with van der Waals surface area (Å²) in [5, 5.41) is 14.0. The fourth-order valence-corrected chi connectivity index (χ4v) is 3.06. The lowest BCUT2D eigenvalue weighted by Crippen LogP contribution is -2.34. The zero-order valence-corrected chi connectivity index (χ0v) is 16.8. The zero-order chi connectivity index (χ0) is 22.4. The summed E-state index contributed by atoms with van der Waals surface area (Å²) in [6.07, 6.45) is -3.66. The number of aromatic nitrogens is 2. The Morgan fingerprint density at radius 2 is 2.10 bits per heavy atom. The molecule has 3 rings (SSSR count). The Morgan fingerprint density at radius 3 is 2.74 bits per heavy atom. The Morgan fingerprint density at radius 1 is 1.35 bits per heavy atom. The van der Waals surface area contributed by atoms with E-state index in [0.29, 0.717) is 13.2 Å². The van der Waals surface area contributed by atoms with Gasteiger partial charge >= 0.3 is 12.3 Å². The monoisotopic (exact) mass is 455 g/mol. The SMILES string of the molecule is N#Cc1ccc(Nc2ncc(OC(=O)NCC3CCOCC3)c(C(F)(F)F)n2)cc1Cl. The highest BCUT2D eigenvalue weighted by Gasteiger charge is 2.38. The number of carbonyl (C=O) groups is 1. The van der Waals surface area contributed by atoms with Crippen LogP contribution in [0.15, 0.2) is 24.4 Å². The van der Waals surface area contributed by atoms with Crippen LogP contribution in [0.5, 0.6) is 5.75 Å². The molecule has 164 valence electrons. The maximum atomic E-state index is 13.5. The van der Waals surface area contributed by atoms with Gasteiger partial charge in [0.2, 0.25) is 5.95 Å². The molecule has 1 aromatic heterocycles. The van der Waals surface area contributed by atoms with Gasteiger partial charge in [-0.05, 0) is 37.0 Å². The molecule has 31 heavy (non-hydrogen) atoms. The molecule has 2 N–H and O–H groups in total. The molecular formula is C19H17ClF3N5O3. The summed E-state index contributed by atoms with van der Waals surface area (Å²) in [6, 6.07) is 6.06. The summed E-state index contributed by atoms with van der Waals surface area (Å²) < 4.78 is 50.4. The van der Waals surface area contributed by atoms with Gasteiger partial charge in [0.25, 0.3) is 0 Å². The zero-order valence-electron chi connectivity index (χ0n) is 16.0. The average molecular weight is 456 g/mol. The second-order valence-corrected chi connectivity index (χ2v) is 7.07. The van der Waals surface area contributed by atoms with E-state index in [1.165, 1.54) is 18.2 Å². The van der Waals surface area contributed by atoms with Crippen LogP contribution in [0, 0.1) is 17.2 Å². The normalized spacial score (nSPS) is 14.5. The molecule has 1 fully saturated rings. The Labute approximate surface area is 180 Å². The van der Waals surface area contributed by atoms with E-state index in [-0.39, 0.29) is 34.7 Å². The molecule has 0 spiro atoms. The Bertz CT molecular complexity index is 991. The smallest absolute Gasteiger partial charge is 0.406 e. The molecule has 0 aliphatic carbocycles. The summed E-state index contributed by atoms with van der Waals surface area (Å²) in [5.41, 5.74) is -0.925. The minimum Gasteiger partial charge on any atom is -0.406 e. The van der Waals surface area contributed by atoms with Gasteiger partial charge in [0.15, 0.2) is 11.4 Å². The van der Waals surface area contributed by atoms with Crippen molar-refractivity contribution in [3.63, 3.8) is 0 Å². The predicted molar refractivity (Wildman–Crippen MR) is 104 cm³/mol. The van der Waals surface area contributed by atoms with Crippen molar-refractivity contribution >= 4 is 29.3 Å². The molecule has 1 aromatic carbocycles. The summed E-state index contributed by atoms with van der Waals surface area (Å²) in [4.78, 5) is 19.2. The van der Waals surface area contributed by atoms with Crippen LogP contribution in [0.4, 0.5) is 29.6 Å². The fourth-order valence-electron chi connectivity index (χ4n) is 2.84. The first-order chi connectivity index (χ1) is 14.8. The van der Waals surface area contributed by atoms with Gasteiger partial charge in [-0.3, -0.25) is 0 Å². The standard InChI is InChI=1S/C19H17ClF3N5O3/c20-14-7-13(2-1-12(14)8-24)27-17-25-10-15(16(28-17)19(21,22)23)31-18(29)26-9-11-3-5-30-6-4-11/h1-2,7,10-11H,3-6,9H2,(H,26,29)(H,25,27,28). The fraction of sp³-hybridized carbons (Fsp3) is 0.368. The number of alkyl halides is 3. The molecule has 0 radical (unpaired) electrons. The summed E-state index contributed by atoms with van der Waals surface area (Å²) in [5.74, 6) is -1.03. The molecule has 2 aromatic rings. The molecular weight excluding hydrogens is 439 g/mol. The molecule has 2 heterocycles. The van der Waals surface area contributed by atoms with E-state index in [1.807, 2.05) is 6.07 Å². The number of nitriles is 1. The lowest BCUT2D eigenvalue weighted by Gasteiger charge is -2.22. The van der Waals surface area contributed by atoms with Crippen LogP contribution in [0.1, 0.15) is 24.1 Å². The minimum atomic E-state index is -4.89. The van der Waals surface area contributed by atoms with Crippen molar-refractivity contribution in [1.82, 2.24) is 15.3 Å². The summed E-state index contributed by atoms with van der Waals surface area (Å²) >= 11 is 5.91. The molecule has 1 amide bonds. The number of ether oxygens (including phenoxy) is 2. The topological polar surface area (TPSA) is 109 Å². The highest BCUT2D eigenvalue weighted by Crippen LogP contribution is 2.35. The van der Waals surface area contributed by atoms with Gasteiger partial charge in [-0.1, -0.05) is 11.6 Å². The lowest BCUT2D eigenvalue weighted by atomic mass is 10.0. The number of benzene rings is 1. The van der Waals surface area contributed by atoms with Crippen LogP contribution in [-0.4, -0.2) is 35.8 Å². The second-order valence-electron chi connectivity index (χ2n) is 6.66. The van der Waals surface area contributed by atoms with Crippen molar-refractivity contribution in [2.75, 3.05) is 25.1 Å². The van der Waals surface area contributed by atoms with Crippen LogP contribution in [0.25, 0.3) is 0 Å². The highest BCUT2D eigenvalue weighted by atomic mass is 35.5. The van der Waals surface area contributed by atoms with E-state index in [9.17, 15) is 18.0 Å². The van der Waals surface area contributed by atoms with Crippen molar-refractivity contribution in [3.8, 4) is 11.8 Å². The third kappa shape index (κ3) is 6.19. The van der Waals surface area contributed by atoms with Crippen LogP contribution >= 0.6 is 11.6 Å². The Kier molecular flexibility index (Phi) is 7.14. The Balaban J connectivity index is 1.71. The van der Waals surface area contributed by atoms with E-state index >= 15 is 0 Å². The maximum absolute atomic E-state index is 13.5. The number of amides is 1. The molecule has 12 heteroatoms. The lowest BCUT2D eigenvalue weighted by molar-refractivity contribution is -0.142. The molecule has 8 nitrogen and oxygen atoms in total. The maximum Gasteiger partial charge on any atom is 0.437 e. The first-order valence-electron chi connectivity index (χ1n) is 9.20. The third-order valence-corrected chi connectivity index (χ3v) is 4.76. The molecule has 1 saturated heterocycles. The quantitative estimate of drug-likeness (QED) is 0.692. The molecule has 0 saturated carbocycles. The first-order valence-corrected chi connectivity index (χ1v) is 9.58. The number of nitrogens with one attached hydrogen (secondary N) is 2. The van der Waals surface area contributed by atoms with Gasteiger partial charge < -0.3 is 20.1 Å². The van der Waals surface area contributed by atoms with Crippen molar-refractivity contribution in [2.24, 2.45) is 5.92 Å². The van der Waals surface area contributed by atoms with Gasteiger partial charge in [0.1, 0.15) is 6.07 Å². The number of halogens is 4. The van der Waals surface area contributed by atoms with Crippen molar-refractivity contribution in [1.29, 1.82) is 5.26 Å². The van der Waals surface area contributed by atoms with E-state index < -0.39 is 23.7 Å². The summed E-state index contributed by atoms with van der Waals surface area (Å²) in [7, 11) is 0. The first kappa shape index (κ1) is 22.6. The Hall–Kier alpha value is -3.10. The van der Waals surface area contributed by atoms with Gasteiger partial charge in [0, 0.05) is 25.4 Å². The average Bonchev–Trinajstić information content (AvgIpc) is 2.73. The van der Waals surface area contributed by atoms with E-state index in [4.69, 9.17) is 26.3 Å². The molecule has 0 bridgehead atoms. The van der Waals surface area contributed by atoms with E-state index in [0.717, 1.165) is 19.0 Å². The number of nitrogens with zero attached hydrogens (tertiary/aromatic N) is 3. The van der Waals surface area contributed by atoms with Gasteiger partial charge in [-0.15, -0.1) is 0 Å². The number of carbonyl (C=O) groups excluding carboxylic acids is 1. The van der Waals surface area contributed by atoms with Crippen molar-refractivity contribution < 1.29 is 27.4 Å². The molecule has 1 aliphatic heterocycles. The number of anilines is 2. The van der Waals surface area contributed by atoms with E-state index in [1.54, 1.807) is 0 Å². The number of hydrogen-bond donors (Lipinski definition) is 2.